The number of ether oxygens (including phenoxy) is 3. The second-order valence-corrected chi connectivity index (χ2v) is 12.1. The molecule has 0 radical (unpaired) electrons. The third kappa shape index (κ3) is 11.1. The summed E-state index contributed by atoms with van der Waals surface area (Å²) in [4.78, 5) is 52.1. The first-order valence-corrected chi connectivity index (χ1v) is 16.5. The molecule has 46 heavy (non-hydrogen) atoms. The second-order valence-electron chi connectivity index (χ2n) is 12.1. The van der Waals surface area contributed by atoms with Crippen molar-refractivity contribution in [3.8, 4) is 0 Å². The van der Waals surface area contributed by atoms with E-state index in [4.69, 9.17) is 19.3 Å². The van der Waals surface area contributed by atoms with Crippen molar-refractivity contribution in [2.24, 2.45) is 0 Å². The monoisotopic (exact) mass is 641 g/mol. The Kier molecular flexibility index (Phi) is 14.9. The van der Waals surface area contributed by atoms with Crippen molar-refractivity contribution in [1.29, 1.82) is 0 Å². The Bertz CT molecular complexity index is 1230. The van der Waals surface area contributed by atoms with Gasteiger partial charge in [0.2, 0.25) is 17.7 Å². The molecule has 11 nitrogen and oxygen atoms in total. The number of unbranched alkanes of at least 4 members (excludes halogenated alkanes) is 4. The lowest BCUT2D eigenvalue weighted by molar-refractivity contribution is -0.190. The molecular weight excluding hydrogens is 590 g/mol. The van der Waals surface area contributed by atoms with Crippen LogP contribution in [0.2, 0.25) is 0 Å². The van der Waals surface area contributed by atoms with Crippen LogP contribution in [-0.2, 0) is 28.6 Å². The van der Waals surface area contributed by atoms with Gasteiger partial charge in [-0.25, -0.2) is 4.79 Å². The molecule has 3 atom stereocenters. The van der Waals surface area contributed by atoms with E-state index in [0.717, 1.165) is 38.5 Å². The summed E-state index contributed by atoms with van der Waals surface area (Å²) >= 11 is 0. The first kappa shape index (κ1) is 36.9. The van der Waals surface area contributed by atoms with Gasteiger partial charge in [0, 0.05) is 64.5 Å². The first-order valence-electron chi connectivity index (χ1n) is 16.5. The number of likely N-dealkylation sites (N-methyl/N-ethyl adjacent to an activating group) is 1. The van der Waals surface area contributed by atoms with Crippen LogP contribution < -0.4 is 10.6 Å². The molecule has 1 saturated heterocycles. The number of hydrogen-bond donors (Lipinski definition) is 3. The van der Waals surface area contributed by atoms with E-state index in [9.17, 15) is 19.2 Å². The van der Waals surface area contributed by atoms with Crippen molar-refractivity contribution in [2.75, 3.05) is 33.8 Å². The molecule has 0 bridgehead atoms. The Morgan fingerprint density at radius 1 is 1.02 bits per heavy atom. The summed E-state index contributed by atoms with van der Waals surface area (Å²) in [6, 6.07) is 6.80. The number of carbonyl (C=O) groups excluding carboxylic acids is 4. The van der Waals surface area contributed by atoms with Gasteiger partial charge < -0.3 is 34.9 Å². The molecule has 3 amide bonds. The predicted molar refractivity (Wildman–Crippen MR) is 175 cm³/mol. The fraction of sp³-hybridized carbons (Fsp3) is 0.600. The number of benzene rings is 1. The van der Waals surface area contributed by atoms with Crippen molar-refractivity contribution in [3.63, 3.8) is 0 Å². The van der Waals surface area contributed by atoms with Gasteiger partial charge in [-0.1, -0.05) is 51.7 Å². The number of aliphatic hydroxyl groups excluding tert-OH is 1. The van der Waals surface area contributed by atoms with Gasteiger partial charge in [0.05, 0.1) is 12.2 Å². The molecule has 1 heterocycles. The van der Waals surface area contributed by atoms with Crippen LogP contribution in [0.4, 0.5) is 0 Å². The molecule has 2 aliphatic rings. The zero-order valence-electron chi connectivity index (χ0n) is 27.7. The first-order chi connectivity index (χ1) is 22.1. The lowest BCUT2D eigenvalue weighted by Gasteiger charge is -2.31. The van der Waals surface area contributed by atoms with Gasteiger partial charge in [-0.3, -0.25) is 14.4 Å². The molecule has 254 valence electrons. The Balaban J connectivity index is 1.82. The second kappa shape index (κ2) is 18.6. The van der Waals surface area contributed by atoms with Crippen LogP contribution in [0.15, 0.2) is 42.0 Å². The highest BCUT2D eigenvalue weighted by Gasteiger charge is 2.52. The summed E-state index contributed by atoms with van der Waals surface area (Å²) in [6.45, 7) is 4.38. The average molecular weight is 642 g/mol. The van der Waals surface area contributed by atoms with E-state index >= 15 is 0 Å². The lowest BCUT2D eigenvalue weighted by Crippen LogP contribution is -2.44. The quantitative estimate of drug-likeness (QED) is 0.124. The number of aliphatic hydroxyl groups is 1. The topological polar surface area (TPSA) is 144 Å². The van der Waals surface area contributed by atoms with Crippen molar-refractivity contribution >= 4 is 29.8 Å². The van der Waals surface area contributed by atoms with E-state index in [1.54, 1.807) is 50.5 Å². The summed E-state index contributed by atoms with van der Waals surface area (Å²) in [6.07, 6.45) is 10.5. The minimum atomic E-state index is -0.832. The number of nitrogens with one attached hydrogen (secondary N) is 2. The number of hydrogen-bond acceptors (Lipinski definition) is 8. The summed E-state index contributed by atoms with van der Waals surface area (Å²) in [5, 5.41) is 14.2. The van der Waals surface area contributed by atoms with Crippen LogP contribution in [-0.4, -0.2) is 91.6 Å². The maximum atomic E-state index is 13.5. The summed E-state index contributed by atoms with van der Waals surface area (Å²) < 4.78 is 19.4. The largest absolute Gasteiger partial charge is 0.456 e. The Morgan fingerprint density at radius 3 is 2.39 bits per heavy atom. The predicted octanol–water partition coefficient (Wildman–Crippen LogP) is 3.90. The minimum Gasteiger partial charge on any atom is -0.456 e. The molecule has 0 aromatic heterocycles. The summed E-state index contributed by atoms with van der Waals surface area (Å²) in [7, 11) is 3.32. The van der Waals surface area contributed by atoms with Crippen LogP contribution in [0.3, 0.4) is 0 Å². The third-order valence-electron chi connectivity index (χ3n) is 8.10. The molecule has 1 aromatic carbocycles. The molecule has 1 fully saturated rings. The number of esters is 1. The molecule has 1 aliphatic carbocycles. The van der Waals surface area contributed by atoms with E-state index < -0.39 is 30.1 Å². The van der Waals surface area contributed by atoms with Crippen molar-refractivity contribution in [2.45, 2.75) is 102 Å². The normalized spacial score (nSPS) is 20.1. The minimum absolute atomic E-state index is 0.0615. The van der Waals surface area contributed by atoms with Crippen LogP contribution in [0, 0.1) is 0 Å². The van der Waals surface area contributed by atoms with Crippen molar-refractivity contribution < 1.29 is 38.5 Å². The fourth-order valence-electron chi connectivity index (χ4n) is 5.58. The van der Waals surface area contributed by atoms with E-state index in [2.05, 4.69) is 24.5 Å². The summed E-state index contributed by atoms with van der Waals surface area (Å²) in [5.74, 6) is -2.23. The third-order valence-corrected chi connectivity index (χ3v) is 8.10. The lowest BCUT2D eigenvalue weighted by atomic mass is 9.91. The SMILES string of the molecule is CCCCCC1(CCCCC)O[C@@H]2[C@@H](C=C(C(=O)NCCC(=O)NCCO)C[C@H]2OC(=O)c2cccc(C=CC(=O)N(C)C)c2)O1. The van der Waals surface area contributed by atoms with Gasteiger partial charge in [-0.05, 0) is 42.7 Å². The molecule has 1 aromatic rings. The maximum absolute atomic E-state index is 13.5. The number of amides is 3. The number of rotatable bonds is 18. The van der Waals surface area contributed by atoms with Crippen LogP contribution >= 0.6 is 0 Å². The van der Waals surface area contributed by atoms with E-state index in [0.29, 0.717) is 29.5 Å². The van der Waals surface area contributed by atoms with Gasteiger partial charge >= 0.3 is 5.97 Å². The maximum Gasteiger partial charge on any atom is 0.338 e. The molecule has 0 saturated carbocycles. The van der Waals surface area contributed by atoms with Crippen LogP contribution in [0.5, 0.6) is 0 Å². The number of carbonyl (C=O) groups is 4. The van der Waals surface area contributed by atoms with Gasteiger partial charge in [-0.2, -0.15) is 0 Å². The Morgan fingerprint density at radius 2 is 1.74 bits per heavy atom. The van der Waals surface area contributed by atoms with E-state index in [1.807, 2.05) is 0 Å². The Labute approximate surface area is 272 Å². The smallest absolute Gasteiger partial charge is 0.338 e. The number of fused-ring (bicyclic) bond motifs is 1. The highest BCUT2D eigenvalue weighted by Crippen LogP contribution is 2.43. The van der Waals surface area contributed by atoms with E-state index in [-0.39, 0.29) is 50.3 Å². The summed E-state index contributed by atoms with van der Waals surface area (Å²) in [5.41, 5.74) is 1.37. The average Bonchev–Trinajstić information content (AvgIpc) is 3.41. The molecule has 3 rings (SSSR count). The molecule has 1 aliphatic heterocycles. The standard InChI is InChI=1S/C35H51N3O8/c1-5-7-9-17-35(18-10-8-6-2)45-29-24-27(33(42)37-19-16-30(40)36-20-21-39)23-28(32(29)46-35)44-34(43)26-13-11-12-25(22-26)14-15-31(41)38(3)4/h11-15,22,24,28-29,32,39H,5-10,16-21,23H2,1-4H3,(H,36,40)(H,37,42)/t28-,29-,32+/m1/s1. The van der Waals surface area contributed by atoms with E-state index in [1.165, 1.54) is 11.0 Å². The zero-order chi connectivity index (χ0) is 33.5. The van der Waals surface area contributed by atoms with Crippen molar-refractivity contribution in [1.82, 2.24) is 15.5 Å². The van der Waals surface area contributed by atoms with Crippen LogP contribution in [0.25, 0.3) is 6.08 Å². The highest BCUT2D eigenvalue weighted by atomic mass is 16.8. The Hall–Kier alpha value is -3.54. The van der Waals surface area contributed by atoms with Crippen molar-refractivity contribution in [3.05, 3.63) is 53.1 Å². The molecular formula is C35H51N3O8. The molecule has 3 N–H and O–H groups in total. The highest BCUT2D eigenvalue weighted by molar-refractivity contribution is 5.95. The fourth-order valence-corrected chi connectivity index (χ4v) is 5.58. The van der Waals surface area contributed by atoms with Crippen LogP contribution in [0.1, 0.15) is 94.0 Å². The molecule has 11 heteroatoms. The molecule has 0 unspecified atom stereocenters. The molecule has 0 spiro atoms. The van der Waals surface area contributed by atoms with Gasteiger partial charge in [0.1, 0.15) is 18.3 Å². The zero-order valence-corrected chi connectivity index (χ0v) is 27.7. The van der Waals surface area contributed by atoms with Gasteiger partial charge in [0.15, 0.2) is 5.79 Å². The van der Waals surface area contributed by atoms with Gasteiger partial charge in [0.25, 0.3) is 0 Å². The van der Waals surface area contributed by atoms with Gasteiger partial charge in [-0.15, -0.1) is 0 Å². The number of nitrogens with zero attached hydrogens (tertiary/aromatic N) is 1.